The van der Waals surface area contributed by atoms with Crippen molar-refractivity contribution >= 4 is 74.8 Å². The third-order valence-corrected chi connectivity index (χ3v) is 8.41. The molecule has 2 aromatic heterocycles. The van der Waals surface area contributed by atoms with Crippen molar-refractivity contribution in [1.29, 1.82) is 0 Å². The van der Waals surface area contributed by atoms with E-state index in [-0.39, 0.29) is 16.5 Å². The van der Waals surface area contributed by atoms with E-state index in [4.69, 9.17) is 5.73 Å². The van der Waals surface area contributed by atoms with Crippen molar-refractivity contribution in [2.45, 2.75) is 22.4 Å². The van der Waals surface area contributed by atoms with Gasteiger partial charge in [-0.15, -0.1) is 33.3 Å². The third-order valence-electron chi connectivity index (χ3n) is 4.45. The number of amides is 2. The summed E-state index contributed by atoms with van der Waals surface area (Å²) in [5.41, 5.74) is 6.75. The molecule has 1 unspecified atom stereocenters. The van der Waals surface area contributed by atoms with Crippen molar-refractivity contribution in [1.82, 2.24) is 25.4 Å². The molecule has 2 atom stereocenters. The number of aromatic nitrogens is 3. The number of carboxylic acid groups (broad SMARTS) is 1. The maximum atomic E-state index is 12.8. The Morgan fingerprint density at radius 1 is 1.44 bits per heavy atom. The van der Waals surface area contributed by atoms with Crippen molar-refractivity contribution in [3.05, 3.63) is 27.9 Å². The first-order valence-corrected chi connectivity index (χ1v) is 12.9. The molecule has 1 saturated heterocycles. The van der Waals surface area contributed by atoms with E-state index in [0.29, 0.717) is 21.4 Å². The summed E-state index contributed by atoms with van der Waals surface area (Å²) in [6, 6.07) is -1.10. The first-order valence-electron chi connectivity index (χ1n) is 9.09. The summed E-state index contributed by atoms with van der Waals surface area (Å²) < 4.78 is 25.6. The zero-order valence-electron chi connectivity index (χ0n) is 16.6. The molecule has 0 bridgehead atoms. The van der Waals surface area contributed by atoms with Crippen LogP contribution in [0.15, 0.2) is 31.7 Å². The molecule has 0 radical (unpaired) electrons. The molecular weight excluding hydrogens is 536 g/mol. The number of carbonyl (C=O) groups is 3. The second kappa shape index (κ2) is 10.2. The van der Waals surface area contributed by atoms with Crippen molar-refractivity contribution in [3.8, 4) is 0 Å². The van der Waals surface area contributed by atoms with Crippen molar-refractivity contribution < 1.29 is 33.1 Å². The van der Waals surface area contributed by atoms with Crippen LogP contribution in [-0.4, -0.2) is 78.2 Å². The quantitative estimate of drug-likeness (QED) is 0.177. The largest absolute Gasteiger partial charge is 0.477 e. The van der Waals surface area contributed by atoms with Crippen molar-refractivity contribution in [3.63, 3.8) is 0 Å². The Hall–Kier alpha value is -2.83. The standard InChI is InChI=1S/C16H13F2N7O5S4/c17-14(18)30-24-7(6-3-32-15(19)21-6)10(26)22-8-11(27)25-9(13(28)29)5(1-31-12(8)25)2-33-16-23-20-4-34-16/h3-4,8,12,14H,1-2H2,(H2,19,21)(H,22,26)(H,28,29)/t8?,12-/m1/s1. The first-order chi connectivity index (χ1) is 16.3. The van der Waals surface area contributed by atoms with Crippen LogP contribution in [0.1, 0.15) is 5.69 Å². The first kappa shape index (κ1) is 24.3. The summed E-state index contributed by atoms with van der Waals surface area (Å²) in [5, 5.41) is 23.6. The van der Waals surface area contributed by atoms with Gasteiger partial charge in [0.2, 0.25) is 0 Å². The summed E-state index contributed by atoms with van der Waals surface area (Å²) in [4.78, 5) is 46.3. The molecule has 0 saturated carbocycles. The molecule has 2 aliphatic rings. The van der Waals surface area contributed by atoms with Crippen LogP contribution in [0, 0.1) is 0 Å². The molecule has 2 amide bonds. The average Bonchev–Trinajstić information content (AvgIpc) is 3.47. The lowest BCUT2D eigenvalue weighted by Gasteiger charge is -2.49. The minimum absolute atomic E-state index is 0.0662. The van der Waals surface area contributed by atoms with Gasteiger partial charge in [0.1, 0.15) is 28.3 Å². The highest BCUT2D eigenvalue weighted by Gasteiger charge is 2.54. The molecule has 0 aromatic carbocycles. The molecule has 180 valence electrons. The minimum atomic E-state index is -3.28. The van der Waals surface area contributed by atoms with E-state index in [1.807, 2.05) is 0 Å². The zero-order valence-corrected chi connectivity index (χ0v) is 19.8. The normalized spacial score (nSPS) is 20.3. The Morgan fingerprint density at radius 2 is 2.24 bits per heavy atom. The van der Waals surface area contributed by atoms with E-state index < -0.39 is 41.5 Å². The van der Waals surface area contributed by atoms with Crippen LogP contribution >= 0.6 is 46.2 Å². The number of halogens is 2. The Kier molecular flexibility index (Phi) is 7.29. The van der Waals surface area contributed by atoms with Crippen LogP contribution in [0.3, 0.4) is 0 Å². The molecule has 4 heterocycles. The number of oxime groups is 1. The summed E-state index contributed by atoms with van der Waals surface area (Å²) in [6.07, 6.45) is 0. The van der Waals surface area contributed by atoms with E-state index in [2.05, 4.69) is 30.5 Å². The number of alkyl halides is 2. The minimum Gasteiger partial charge on any atom is -0.477 e. The third kappa shape index (κ3) is 4.98. The summed E-state index contributed by atoms with van der Waals surface area (Å²) >= 11 is 4.82. The predicted molar refractivity (Wildman–Crippen MR) is 120 cm³/mol. The molecule has 34 heavy (non-hydrogen) atoms. The fourth-order valence-corrected chi connectivity index (χ4v) is 6.59. The summed E-state index contributed by atoms with van der Waals surface area (Å²) in [7, 11) is 0. The van der Waals surface area contributed by atoms with Crippen LogP contribution in [0.4, 0.5) is 13.9 Å². The van der Waals surface area contributed by atoms with Crippen LogP contribution in [0.25, 0.3) is 0 Å². The Morgan fingerprint density at radius 3 is 2.85 bits per heavy atom. The molecule has 2 aliphatic heterocycles. The Labute approximate surface area is 205 Å². The maximum Gasteiger partial charge on any atom is 0.407 e. The molecule has 4 rings (SSSR count). The number of fused-ring (bicyclic) bond motifs is 1. The number of nitrogens with zero attached hydrogens (tertiary/aromatic N) is 5. The molecule has 12 nitrogen and oxygen atoms in total. The van der Waals surface area contributed by atoms with Gasteiger partial charge in [0, 0.05) is 16.9 Å². The average molecular weight is 550 g/mol. The predicted octanol–water partition coefficient (Wildman–Crippen LogP) is 1.05. The van der Waals surface area contributed by atoms with Crippen LogP contribution in [0.2, 0.25) is 0 Å². The second-order valence-electron chi connectivity index (χ2n) is 6.49. The number of carboxylic acids is 1. The monoisotopic (exact) mass is 549 g/mol. The van der Waals surface area contributed by atoms with E-state index in [0.717, 1.165) is 16.2 Å². The number of thiazole rings is 1. The van der Waals surface area contributed by atoms with Crippen molar-refractivity contribution in [2.75, 3.05) is 17.2 Å². The van der Waals surface area contributed by atoms with E-state index in [1.54, 1.807) is 5.51 Å². The molecule has 1 fully saturated rings. The number of hydrogen-bond donors (Lipinski definition) is 3. The van der Waals surface area contributed by atoms with Gasteiger partial charge in [-0.3, -0.25) is 14.5 Å². The van der Waals surface area contributed by atoms with Gasteiger partial charge in [-0.25, -0.2) is 9.78 Å². The number of β-lactam (4-membered cyclic amide) rings is 1. The van der Waals surface area contributed by atoms with E-state index in [9.17, 15) is 28.3 Å². The summed E-state index contributed by atoms with van der Waals surface area (Å²) in [5.74, 6) is -2.34. The number of anilines is 1. The second-order valence-corrected chi connectivity index (χ2v) is 10.5. The smallest absolute Gasteiger partial charge is 0.407 e. The van der Waals surface area contributed by atoms with E-state index >= 15 is 0 Å². The topological polar surface area (TPSA) is 173 Å². The van der Waals surface area contributed by atoms with E-state index in [1.165, 1.54) is 40.2 Å². The number of carbonyl (C=O) groups excluding carboxylic acids is 2. The lowest BCUT2D eigenvalue weighted by molar-refractivity contribution is -0.150. The van der Waals surface area contributed by atoms with Crippen LogP contribution in [-0.2, 0) is 19.2 Å². The van der Waals surface area contributed by atoms with Gasteiger partial charge >= 0.3 is 12.6 Å². The lowest BCUT2D eigenvalue weighted by atomic mass is 10.0. The Balaban J connectivity index is 1.50. The van der Waals surface area contributed by atoms with Gasteiger partial charge in [-0.1, -0.05) is 28.3 Å². The number of nitrogens with one attached hydrogen (secondary N) is 1. The molecule has 0 aliphatic carbocycles. The molecule has 0 spiro atoms. The molecule has 4 N–H and O–H groups in total. The van der Waals surface area contributed by atoms with Gasteiger partial charge in [-0.2, -0.15) is 8.78 Å². The highest BCUT2D eigenvalue weighted by molar-refractivity contribution is 8.01. The number of rotatable bonds is 9. The maximum absolute atomic E-state index is 12.8. The fourth-order valence-electron chi connectivity index (χ4n) is 3.07. The van der Waals surface area contributed by atoms with Gasteiger partial charge in [0.05, 0.1) is 0 Å². The molecular formula is C16H13F2N7O5S4. The number of nitrogen functional groups attached to an aromatic ring is 1. The van der Waals surface area contributed by atoms with Gasteiger partial charge < -0.3 is 21.0 Å². The van der Waals surface area contributed by atoms with Crippen molar-refractivity contribution in [2.24, 2.45) is 5.16 Å². The Bertz CT molecular complexity index is 1170. The molecule has 2 aromatic rings. The number of thioether (sulfide) groups is 2. The van der Waals surface area contributed by atoms with Gasteiger partial charge in [-0.05, 0) is 5.57 Å². The number of aliphatic carboxylic acids is 1. The van der Waals surface area contributed by atoms with Crippen LogP contribution in [0.5, 0.6) is 0 Å². The van der Waals surface area contributed by atoms with Gasteiger partial charge in [0.25, 0.3) is 11.8 Å². The SMILES string of the molecule is Nc1nc(C(=NOC(F)F)C(=O)NC2C(=O)N3C(C(=O)O)=C(CSc4nncs4)CS[C@H]23)cs1. The lowest BCUT2D eigenvalue weighted by Crippen LogP contribution is -2.71. The number of hydrogen-bond acceptors (Lipinski definition) is 13. The highest BCUT2D eigenvalue weighted by atomic mass is 32.2. The molecule has 18 heteroatoms. The number of nitrogens with two attached hydrogens (primary N) is 1. The zero-order chi connectivity index (χ0) is 24.4. The summed E-state index contributed by atoms with van der Waals surface area (Å²) in [6.45, 7) is -3.28. The van der Waals surface area contributed by atoms with Gasteiger partial charge in [0.15, 0.2) is 15.2 Å². The fraction of sp³-hybridized carbons (Fsp3) is 0.312. The highest BCUT2D eigenvalue weighted by Crippen LogP contribution is 2.41. The van der Waals surface area contributed by atoms with Crippen LogP contribution < -0.4 is 11.1 Å².